The van der Waals surface area contributed by atoms with E-state index in [1.165, 1.54) is 6.42 Å². The SMILES string of the molecule is CNCC1CCCN(C(=O)C=Cc2ccc(OC)c(OC)c2)C1. The molecule has 0 aliphatic carbocycles. The summed E-state index contributed by atoms with van der Waals surface area (Å²) in [6.45, 7) is 2.63. The Morgan fingerprint density at radius 2 is 2.13 bits per heavy atom. The summed E-state index contributed by atoms with van der Waals surface area (Å²) in [5.41, 5.74) is 0.916. The number of ether oxygens (including phenoxy) is 2. The van der Waals surface area contributed by atoms with Crippen molar-refractivity contribution in [3.8, 4) is 11.5 Å². The second-order valence-corrected chi connectivity index (χ2v) is 5.80. The van der Waals surface area contributed by atoms with Crippen LogP contribution < -0.4 is 14.8 Å². The van der Waals surface area contributed by atoms with E-state index in [0.29, 0.717) is 17.4 Å². The molecule has 1 heterocycles. The lowest BCUT2D eigenvalue weighted by atomic mass is 9.98. The van der Waals surface area contributed by atoms with Crippen LogP contribution in [0.1, 0.15) is 18.4 Å². The van der Waals surface area contributed by atoms with Crippen LogP contribution in [0.4, 0.5) is 0 Å². The number of carbonyl (C=O) groups is 1. The topological polar surface area (TPSA) is 50.8 Å². The van der Waals surface area contributed by atoms with Gasteiger partial charge in [-0.2, -0.15) is 0 Å². The quantitative estimate of drug-likeness (QED) is 0.817. The highest BCUT2D eigenvalue weighted by atomic mass is 16.5. The molecule has 0 radical (unpaired) electrons. The molecule has 23 heavy (non-hydrogen) atoms. The van der Waals surface area contributed by atoms with Crippen molar-refractivity contribution in [1.82, 2.24) is 10.2 Å². The molecule has 1 aliphatic heterocycles. The van der Waals surface area contributed by atoms with E-state index in [1.54, 1.807) is 20.3 Å². The van der Waals surface area contributed by atoms with Gasteiger partial charge in [0.15, 0.2) is 11.5 Å². The molecule has 1 atom stereocenters. The zero-order chi connectivity index (χ0) is 16.7. The Balaban J connectivity index is 2.00. The predicted octanol–water partition coefficient (Wildman–Crippen LogP) is 2.17. The summed E-state index contributed by atoms with van der Waals surface area (Å²) < 4.78 is 10.5. The maximum atomic E-state index is 12.4. The van der Waals surface area contributed by atoms with Crippen molar-refractivity contribution < 1.29 is 14.3 Å². The van der Waals surface area contributed by atoms with Crippen LogP contribution in [0, 0.1) is 5.92 Å². The average molecular weight is 318 g/mol. The molecule has 5 nitrogen and oxygen atoms in total. The average Bonchev–Trinajstić information content (AvgIpc) is 2.59. The zero-order valence-corrected chi connectivity index (χ0v) is 14.2. The normalized spacial score (nSPS) is 18.2. The van der Waals surface area contributed by atoms with E-state index >= 15 is 0 Å². The summed E-state index contributed by atoms with van der Waals surface area (Å²) in [5.74, 6) is 1.96. The molecular weight excluding hydrogens is 292 g/mol. The predicted molar refractivity (Wildman–Crippen MR) is 91.8 cm³/mol. The van der Waals surface area contributed by atoms with Crippen molar-refractivity contribution in [2.45, 2.75) is 12.8 Å². The first-order valence-electron chi connectivity index (χ1n) is 8.01. The second kappa shape index (κ2) is 8.58. The van der Waals surface area contributed by atoms with Gasteiger partial charge < -0.3 is 19.7 Å². The monoisotopic (exact) mass is 318 g/mol. The molecule has 0 spiro atoms. The van der Waals surface area contributed by atoms with Crippen LogP contribution >= 0.6 is 0 Å². The van der Waals surface area contributed by atoms with E-state index in [2.05, 4.69) is 5.32 Å². The standard InChI is InChI=1S/C18H26N2O3/c1-19-12-15-5-4-10-20(13-15)18(21)9-7-14-6-8-16(22-2)17(11-14)23-3/h6-9,11,15,19H,4-5,10,12-13H2,1-3H3. The van der Waals surface area contributed by atoms with Crippen LogP contribution in [-0.2, 0) is 4.79 Å². The number of piperidine rings is 1. The minimum absolute atomic E-state index is 0.0700. The van der Waals surface area contributed by atoms with E-state index in [4.69, 9.17) is 9.47 Å². The van der Waals surface area contributed by atoms with E-state index in [0.717, 1.165) is 31.6 Å². The molecule has 1 N–H and O–H groups in total. The number of likely N-dealkylation sites (tertiary alicyclic amines) is 1. The molecular formula is C18H26N2O3. The molecule has 1 aromatic rings. The number of carbonyl (C=O) groups excluding carboxylic acids is 1. The summed E-state index contributed by atoms with van der Waals surface area (Å²) in [6.07, 6.45) is 5.72. The van der Waals surface area contributed by atoms with Gasteiger partial charge in [-0.05, 0) is 56.1 Å². The Hall–Kier alpha value is -2.01. The number of nitrogens with zero attached hydrogens (tertiary/aromatic N) is 1. The van der Waals surface area contributed by atoms with Gasteiger partial charge in [-0.25, -0.2) is 0 Å². The van der Waals surface area contributed by atoms with Crippen LogP contribution in [0.3, 0.4) is 0 Å². The molecule has 0 aromatic heterocycles. The van der Waals surface area contributed by atoms with Gasteiger partial charge in [0.2, 0.25) is 5.91 Å². The van der Waals surface area contributed by atoms with E-state index in [-0.39, 0.29) is 5.91 Å². The van der Waals surface area contributed by atoms with Gasteiger partial charge in [-0.15, -0.1) is 0 Å². The van der Waals surface area contributed by atoms with Crippen molar-refractivity contribution >= 4 is 12.0 Å². The Bertz CT molecular complexity index is 555. The van der Waals surface area contributed by atoms with Crippen molar-refractivity contribution in [1.29, 1.82) is 0 Å². The number of methoxy groups -OCH3 is 2. The number of amides is 1. The third-order valence-corrected chi connectivity index (χ3v) is 4.15. The first-order valence-corrected chi connectivity index (χ1v) is 8.01. The van der Waals surface area contributed by atoms with Gasteiger partial charge in [0.05, 0.1) is 14.2 Å². The highest BCUT2D eigenvalue weighted by Crippen LogP contribution is 2.28. The third kappa shape index (κ3) is 4.73. The smallest absolute Gasteiger partial charge is 0.246 e. The second-order valence-electron chi connectivity index (χ2n) is 5.80. The first-order chi connectivity index (χ1) is 11.2. The summed E-state index contributed by atoms with van der Waals surface area (Å²) in [5, 5.41) is 3.20. The molecule has 1 aliphatic rings. The minimum Gasteiger partial charge on any atom is -0.493 e. The maximum Gasteiger partial charge on any atom is 0.246 e. The number of rotatable bonds is 6. The molecule has 1 amide bonds. The van der Waals surface area contributed by atoms with Gasteiger partial charge in [0, 0.05) is 19.2 Å². The molecule has 5 heteroatoms. The van der Waals surface area contributed by atoms with Gasteiger partial charge in [-0.3, -0.25) is 4.79 Å². The van der Waals surface area contributed by atoms with Crippen molar-refractivity contribution in [3.63, 3.8) is 0 Å². The zero-order valence-electron chi connectivity index (χ0n) is 14.2. The third-order valence-electron chi connectivity index (χ3n) is 4.15. The molecule has 0 bridgehead atoms. The Labute approximate surface area is 138 Å². The summed E-state index contributed by atoms with van der Waals surface area (Å²) in [6, 6.07) is 5.61. The number of hydrogen-bond acceptors (Lipinski definition) is 4. The van der Waals surface area contributed by atoms with E-state index < -0.39 is 0 Å². The number of hydrogen-bond donors (Lipinski definition) is 1. The van der Waals surface area contributed by atoms with Crippen LogP contribution in [-0.4, -0.2) is 51.7 Å². The molecule has 126 valence electrons. The molecule has 1 unspecified atom stereocenters. The lowest BCUT2D eigenvalue weighted by molar-refractivity contribution is -0.127. The van der Waals surface area contributed by atoms with E-state index in [9.17, 15) is 4.79 Å². The Morgan fingerprint density at radius 3 is 2.83 bits per heavy atom. The molecule has 1 saturated heterocycles. The van der Waals surface area contributed by atoms with E-state index in [1.807, 2.05) is 36.2 Å². The summed E-state index contributed by atoms with van der Waals surface area (Å²) in [7, 11) is 5.17. The summed E-state index contributed by atoms with van der Waals surface area (Å²) >= 11 is 0. The molecule has 2 rings (SSSR count). The van der Waals surface area contributed by atoms with Crippen molar-refractivity contribution in [2.24, 2.45) is 5.92 Å². The fourth-order valence-corrected chi connectivity index (χ4v) is 2.95. The fourth-order valence-electron chi connectivity index (χ4n) is 2.95. The van der Waals surface area contributed by atoms with Crippen molar-refractivity contribution in [3.05, 3.63) is 29.8 Å². The van der Waals surface area contributed by atoms with Gasteiger partial charge >= 0.3 is 0 Å². The number of nitrogens with one attached hydrogen (secondary N) is 1. The summed E-state index contributed by atoms with van der Waals surface area (Å²) in [4.78, 5) is 14.3. The van der Waals surface area contributed by atoms with Crippen LogP contribution in [0.5, 0.6) is 11.5 Å². The minimum atomic E-state index is 0.0700. The highest BCUT2D eigenvalue weighted by molar-refractivity contribution is 5.92. The first kappa shape index (κ1) is 17.3. The van der Waals surface area contributed by atoms with Gasteiger partial charge in [-0.1, -0.05) is 6.07 Å². The largest absolute Gasteiger partial charge is 0.493 e. The van der Waals surface area contributed by atoms with Gasteiger partial charge in [0.25, 0.3) is 0 Å². The maximum absolute atomic E-state index is 12.4. The molecule has 1 fully saturated rings. The fraction of sp³-hybridized carbons (Fsp3) is 0.500. The van der Waals surface area contributed by atoms with Crippen molar-refractivity contribution in [2.75, 3.05) is 40.9 Å². The number of benzene rings is 1. The molecule has 1 aromatic carbocycles. The lowest BCUT2D eigenvalue weighted by Gasteiger charge is -2.32. The van der Waals surface area contributed by atoms with Crippen LogP contribution in [0.25, 0.3) is 6.08 Å². The lowest BCUT2D eigenvalue weighted by Crippen LogP contribution is -2.41. The van der Waals surface area contributed by atoms with Crippen LogP contribution in [0.2, 0.25) is 0 Å². The highest BCUT2D eigenvalue weighted by Gasteiger charge is 2.21. The Morgan fingerprint density at radius 1 is 1.35 bits per heavy atom. The van der Waals surface area contributed by atoms with Gasteiger partial charge in [0.1, 0.15) is 0 Å². The molecule has 0 saturated carbocycles. The Kier molecular flexibility index (Phi) is 6.47. The van der Waals surface area contributed by atoms with Crippen LogP contribution in [0.15, 0.2) is 24.3 Å².